The Labute approximate surface area is 145 Å². The van der Waals surface area contributed by atoms with E-state index in [9.17, 15) is 27.6 Å². The Morgan fingerprint density at radius 2 is 1.81 bits per heavy atom. The SMILES string of the molecule is CC(=O)Nc1ccc(C(=O)NCCn2nc(C(F)(F)F)n(C)c2=O)cc1. The van der Waals surface area contributed by atoms with Gasteiger partial charge >= 0.3 is 11.9 Å². The first-order valence-corrected chi connectivity index (χ1v) is 7.46. The van der Waals surface area contributed by atoms with Crippen molar-refractivity contribution in [3.05, 3.63) is 46.1 Å². The Morgan fingerprint density at radius 1 is 1.19 bits per heavy atom. The van der Waals surface area contributed by atoms with Crippen LogP contribution < -0.4 is 16.3 Å². The molecule has 1 aromatic carbocycles. The largest absolute Gasteiger partial charge is 0.451 e. The normalized spacial score (nSPS) is 11.3. The maximum atomic E-state index is 12.7. The van der Waals surface area contributed by atoms with Crippen LogP contribution in [0.1, 0.15) is 23.1 Å². The van der Waals surface area contributed by atoms with Gasteiger partial charge in [-0.25, -0.2) is 9.48 Å². The first-order valence-electron chi connectivity index (χ1n) is 7.46. The lowest BCUT2D eigenvalue weighted by atomic mass is 10.2. The molecule has 2 aromatic rings. The average Bonchev–Trinajstić information content (AvgIpc) is 2.83. The van der Waals surface area contributed by atoms with Gasteiger partial charge in [-0.3, -0.25) is 14.2 Å². The zero-order chi connectivity index (χ0) is 19.5. The Bertz CT molecular complexity index is 868. The maximum Gasteiger partial charge on any atom is 0.451 e. The Morgan fingerprint density at radius 3 is 2.31 bits per heavy atom. The minimum Gasteiger partial charge on any atom is -0.350 e. The summed E-state index contributed by atoms with van der Waals surface area (Å²) in [5.74, 6) is -2.02. The predicted molar refractivity (Wildman–Crippen MR) is 85.5 cm³/mol. The third-order valence-electron chi connectivity index (χ3n) is 3.37. The molecule has 0 spiro atoms. The highest BCUT2D eigenvalue weighted by atomic mass is 19.4. The van der Waals surface area contributed by atoms with Crippen LogP contribution >= 0.6 is 0 Å². The average molecular weight is 371 g/mol. The molecular weight excluding hydrogens is 355 g/mol. The minimum atomic E-state index is -4.74. The molecule has 0 aliphatic heterocycles. The molecule has 1 heterocycles. The molecule has 11 heteroatoms. The highest BCUT2D eigenvalue weighted by Gasteiger charge is 2.37. The molecule has 140 valence electrons. The van der Waals surface area contributed by atoms with Crippen LogP contribution in [-0.2, 0) is 24.6 Å². The zero-order valence-corrected chi connectivity index (χ0v) is 13.9. The molecule has 2 N–H and O–H groups in total. The van der Waals surface area contributed by atoms with Gasteiger partial charge in [0, 0.05) is 31.8 Å². The molecule has 0 saturated carbocycles. The van der Waals surface area contributed by atoms with E-state index >= 15 is 0 Å². The zero-order valence-electron chi connectivity index (χ0n) is 13.9. The molecule has 0 aliphatic carbocycles. The van der Waals surface area contributed by atoms with E-state index in [-0.39, 0.29) is 19.0 Å². The van der Waals surface area contributed by atoms with E-state index in [1.807, 2.05) is 0 Å². The Balaban J connectivity index is 1.96. The molecule has 2 rings (SSSR count). The van der Waals surface area contributed by atoms with Gasteiger partial charge in [-0.05, 0) is 24.3 Å². The van der Waals surface area contributed by atoms with Crippen molar-refractivity contribution in [3.8, 4) is 0 Å². The Hall–Kier alpha value is -3.11. The van der Waals surface area contributed by atoms with Crippen LogP contribution in [-0.4, -0.2) is 32.7 Å². The van der Waals surface area contributed by atoms with Crippen LogP contribution in [0.5, 0.6) is 0 Å². The summed E-state index contributed by atoms with van der Waals surface area (Å²) >= 11 is 0. The first kappa shape index (κ1) is 19.2. The lowest BCUT2D eigenvalue weighted by Crippen LogP contribution is -2.31. The number of hydrogen-bond donors (Lipinski definition) is 2. The second kappa shape index (κ2) is 7.42. The summed E-state index contributed by atoms with van der Waals surface area (Å²) in [6.07, 6.45) is -4.74. The number of aromatic nitrogens is 3. The van der Waals surface area contributed by atoms with Gasteiger partial charge in [0.25, 0.3) is 5.91 Å². The van der Waals surface area contributed by atoms with Crippen LogP contribution in [0.4, 0.5) is 18.9 Å². The van der Waals surface area contributed by atoms with Crippen molar-refractivity contribution < 1.29 is 22.8 Å². The monoisotopic (exact) mass is 371 g/mol. The van der Waals surface area contributed by atoms with Crippen LogP contribution in [0, 0.1) is 0 Å². The van der Waals surface area contributed by atoms with Crippen molar-refractivity contribution in [2.24, 2.45) is 7.05 Å². The van der Waals surface area contributed by atoms with Gasteiger partial charge in [0.2, 0.25) is 11.7 Å². The van der Waals surface area contributed by atoms with E-state index in [4.69, 9.17) is 0 Å². The van der Waals surface area contributed by atoms with Gasteiger partial charge in [-0.1, -0.05) is 0 Å². The van der Waals surface area contributed by atoms with Crippen molar-refractivity contribution >= 4 is 17.5 Å². The fourth-order valence-corrected chi connectivity index (χ4v) is 2.17. The molecule has 0 unspecified atom stereocenters. The Kier molecular flexibility index (Phi) is 5.48. The number of carbonyl (C=O) groups is 2. The minimum absolute atomic E-state index is 0.0828. The fraction of sp³-hybridized carbons (Fsp3) is 0.333. The quantitative estimate of drug-likeness (QED) is 0.819. The van der Waals surface area contributed by atoms with Crippen molar-refractivity contribution in [1.29, 1.82) is 0 Å². The first-order chi connectivity index (χ1) is 12.1. The summed E-state index contributed by atoms with van der Waals surface area (Å²) in [6, 6.07) is 6.04. The lowest BCUT2D eigenvalue weighted by Gasteiger charge is -2.06. The van der Waals surface area contributed by atoms with Crippen molar-refractivity contribution in [3.63, 3.8) is 0 Å². The molecule has 8 nitrogen and oxygen atoms in total. The number of nitrogens with zero attached hydrogens (tertiary/aromatic N) is 3. The molecule has 2 amide bonds. The van der Waals surface area contributed by atoms with Crippen LogP contribution in [0.15, 0.2) is 29.1 Å². The maximum absolute atomic E-state index is 12.7. The summed E-state index contributed by atoms with van der Waals surface area (Å²) in [6.45, 7) is 1.06. The predicted octanol–water partition coefficient (Wildman–Crippen LogP) is 0.989. The number of nitrogens with one attached hydrogen (secondary N) is 2. The number of alkyl halides is 3. The molecule has 0 aliphatic rings. The van der Waals surface area contributed by atoms with E-state index in [0.717, 1.165) is 7.05 Å². The standard InChI is InChI=1S/C15H16F3N5O3/c1-9(24)20-11-5-3-10(4-6-11)12(25)19-7-8-23-14(26)22(2)13(21-23)15(16,17)18/h3-6H,7-8H2,1-2H3,(H,19,25)(H,20,24). The van der Waals surface area contributed by atoms with Crippen LogP contribution in [0.25, 0.3) is 0 Å². The van der Waals surface area contributed by atoms with E-state index < -0.39 is 23.6 Å². The van der Waals surface area contributed by atoms with Gasteiger partial charge in [0.05, 0.1) is 6.54 Å². The van der Waals surface area contributed by atoms with Gasteiger partial charge in [-0.15, -0.1) is 5.10 Å². The molecule has 0 atom stereocenters. The molecular formula is C15H16F3N5O3. The van der Waals surface area contributed by atoms with Crippen LogP contribution in [0.2, 0.25) is 0 Å². The van der Waals surface area contributed by atoms with Gasteiger partial charge in [0.1, 0.15) is 0 Å². The summed E-state index contributed by atoms with van der Waals surface area (Å²) < 4.78 is 39.1. The highest BCUT2D eigenvalue weighted by Crippen LogP contribution is 2.25. The second-order valence-corrected chi connectivity index (χ2v) is 5.40. The number of benzene rings is 1. The van der Waals surface area contributed by atoms with E-state index in [1.54, 1.807) is 0 Å². The van der Waals surface area contributed by atoms with Gasteiger partial charge < -0.3 is 10.6 Å². The van der Waals surface area contributed by atoms with Crippen LogP contribution in [0.3, 0.4) is 0 Å². The number of hydrogen-bond acceptors (Lipinski definition) is 4. The van der Waals surface area contributed by atoms with Crippen molar-refractivity contribution in [1.82, 2.24) is 19.7 Å². The third kappa shape index (κ3) is 4.49. The number of rotatable bonds is 5. The van der Waals surface area contributed by atoms with E-state index in [2.05, 4.69) is 15.7 Å². The fourth-order valence-electron chi connectivity index (χ4n) is 2.17. The summed E-state index contributed by atoms with van der Waals surface area (Å²) in [5.41, 5.74) is -0.108. The van der Waals surface area contributed by atoms with Gasteiger partial charge in [0.15, 0.2) is 0 Å². The lowest BCUT2D eigenvalue weighted by molar-refractivity contribution is -0.147. The van der Waals surface area contributed by atoms with Gasteiger partial charge in [-0.2, -0.15) is 13.2 Å². The number of amides is 2. The molecule has 1 aromatic heterocycles. The number of halogens is 3. The topological polar surface area (TPSA) is 98.0 Å². The third-order valence-corrected chi connectivity index (χ3v) is 3.37. The summed E-state index contributed by atoms with van der Waals surface area (Å²) in [5, 5.41) is 8.28. The summed E-state index contributed by atoms with van der Waals surface area (Å²) in [7, 11) is 0.976. The van der Waals surface area contributed by atoms with E-state index in [0.29, 0.717) is 20.5 Å². The smallest absolute Gasteiger partial charge is 0.350 e. The van der Waals surface area contributed by atoms with Crippen molar-refractivity contribution in [2.45, 2.75) is 19.6 Å². The highest BCUT2D eigenvalue weighted by molar-refractivity contribution is 5.95. The summed E-state index contributed by atoms with van der Waals surface area (Å²) in [4.78, 5) is 34.6. The van der Waals surface area contributed by atoms with E-state index in [1.165, 1.54) is 31.2 Å². The number of carbonyl (C=O) groups excluding carboxylic acids is 2. The number of anilines is 1. The molecule has 0 saturated heterocycles. The molecule has 0 bridgehead atoms. The molecule has 26 heavy (non-hydrogen) atoms. The molecule has 0 radical (unpaired) electrons. The second-order valence-electron chi connectivity index (χ2n) is 5.40. The molecule has 0 fully saturated rings. The van der Waals surface area contributed by atoms with Crippen molar-refractivity contribution in [2.75, 3.05) is 11.9 Å².